The van der Waals surface area contributed by atoms with Gasteiger partial charge in [-0.1, -0.05) is 19.9 Å². The Hall–Kier alpha value is -3.68. The minimum atomic E-state index is -0.296. The van der Waals surface area contributed by atoms with E-state index in [9.17, 15) is 4.79 Å². The van der Waals surface area contributed by atoms with Gasteiger partial charge in [-0.15, -0.1) is 0 Å². The van der Waals surface area contributed by atoms with Gasteiger partial charge in [0, 0.05) is 17.0 Å². The number of imidazole rings is 1. The van der Waals surface area contributed by atoms with E-state index in [1.165, 1.54) is 4.57 Å². The smallest absolute Gasteiger partial charge is 0.332 e. The molecule has 8 nitrogen and oxygen atoms in total. The van der Waals surface area contributed by atoms with Crippen LogP contribution in [0, 0.1) is 6.92 Å². The molecule has 0 amide bonds. The number of hydrogen-bond donors (Lipinski definition) is 1. The highest BCUT2D eigenvalue weighted by Crippen LogP contribution is 2.45. The Morgan fingerprint density at radius 3 is 2.83 bits per heavy atom. The summed E-state index contributed by atoms with van der Waals surface area (Å²) < 4.78 is 13.3. The molecule has 0 spiro atoms. The first-order valence-electron chi connectivity index (χ1n) is 9.27. The van der Waals surface area contributed by atoms with Crippen molar-refractivity contribution < 1.29 is 9.47 Å². The van der Waals surface area contributed by atoms with Gasteiger partial charge in [-0.3, -0.25) is 0 Å². The Bertz CT molecular complexity index is 1290. The summed E-state index contributed by atoms with van der Waals surface area (Å²) in [5.74, 6) is 2.58. The van der Waals surface area contributed by atoms with Crippen molar-refractivity contribution in [3.63, 3.8) is 0 Å². The molecule has 146 valence electrons. The Kier molecular flexibility index (Phi) is 3.70. The molecule has 0 radical (unpaired) electrons. The molecule has 5 rings (SSSR count). The molecule has 0 aliphatic carbocycles. The third-order valence-electron chi connectivity index (χ3n) is 4.99. The molecule has 0 saturated heterocycles. The molecule has 4 aromatic rings. The largest absolute Gasteiger partial charge is 0.492 e. The molecule has 1 N–H and O–H groups in total. The van der Waals surface area contributed by atoms with Crippen molar-refractivity contribution in [1.82, 2.24) is 24.5 Å². The topological polar surface area (TPSA) is 94.9 Å². The van der Waals surface area contributed by atoms with Crippen molar-refractivity contribution >= 4 is 11.2 Å². The van der Waals surface area contributed by atoms with Crippen LogP contribution in [0.2, 0.25) is 0 Å². The highest BCUT2D eigenvalue weighted by molar-refractivity contribution is 5.71. The molecular formula is C21H19N5O3. The fourth-order valence-corrected chi connectivity index (χ4v) is 3.62. The third kappa shape index (κ3) is 2.84. The zero-order valence-corrected chi connectivity index (χ0v) is 16.3. The molecule has 8 heteroatoms. The lowest BCUT2D eigenvalue weighted by molar-refractivity contribution is 0.290. The zero-order chi connectivity index (χ0) is 20.2. The lowest BCUT2D eigenvalue weighted by Gasteiger charge is -2.18. The summed E-state index contributed by atoms with van der Waals surface area (Å²) in [7, 11) is 0. The van der Waals surface area contributed by atoms with Crippen LogP contribution in [0.25, 0.3) is 16.9 Å². The second kappa shape index (κ2) is 6.16. The Morgan fingerprint density at radius 2 is 2.03 bits per heavy atom. The number of nitrogens with zero attached hydrogens (tertiary/aromatic N) is 4. The molecule has 4 heterocycles. The Balaban J connectivity index is 1.51. The quantitative estimate of drug-likeness (QED) is 0.578. The first-order valence-corrected chi connectivity index (χ1v) is 9.27. The van der Waals surface area contributed by atoms with Crippen molar-refractivity contribution in [3.05, 3.63) is 64.6 Å². The van der Waals surface area contributed by atoms with Gasteiger partial charge < -0.3 is 14.5 Å². The van der Waals surface area contributed by atoms with Gasteiger partial charge in [-0.25, -0.2) is 24.3 Å². The maximum absolute atomic E-state index is 12.4. The molecule has 0 unspecified atom stereocenters. The maximum Gasteiger partial charge on any atom is 0.332 e. The van der Waals surface area contributed by atoms with Gasteiger partial charge in [-0.2, -0.15) is 0 Å². The fraction of sp³-hybridized carbons (Fsp3) is 0.238. The van der Waals surface area contributed by atoms with E-state index >= 15 is 0 Å². The van der Waals surface area contributed by atoms with Crippen LogP contribution in [0.4, 0.5) is 0 Å². The third-order valence-corrected chi connectivity index (χ3v) is 4.99. The van der Waals surface area contributed by atoms with Crippen LogP contribution >= 0.6 is 0 Å². The number of pyridine rings is 1. The van der Waals surface area contributed by atoms with Crippen LogP contribution in [-0.2, 0) is 5.41 Å². The van der Waals surface area contributed by atoms with Crippen molar-refractivity contribution in [2.45, 2.75) is 26.2 Å². The first-order chi connectivity index (χ1) is 13.9. The predicted octanol–water partition coefficient (Wildman–Crippen LogP) is 3.27. The summed E-state index contributed by atoms with van der Waals surface area (Å²) in [5.41, 5.74) is 2.27. The molecule has 29 heavy (non-hydrogen) atoms. The lowest BCUT2D eigenvalue weighted by Crippen LogP contribution is -2.19. The van der Waals surface area contributed by atoms with Crippen LogP contribution in [0.5, 0.6) is 17.4 Å². The number of ether oxygens (including phenoxy) is 2. The Labute approximate surface area is 166 Å². The van der Waals surface area contributed by atoms with Crippen LogP contribution in [0.1, 0.15) is 25.2 Å². The summed E-state index contributed by atoms with van der Waals surface area (Å²) in [4.78, 5) is 28.0. The number of aryl methyl sites for hydroxylation is 1. The van der Waals surface area contributed by atoms with Gasteiger partial charge in [0.25, 0.3) is 0 Å². The van der Waals surface area contributed by atoms with Gasteiger partial charge in [-0.05, 0) is 25.1 Å². The van der Waals surface area contributed by atoms with Gasteiger partial charge in [0.05, 0.1) is 24.7 Å². The first kappa shape index (κ1) is 17.4. The van der Waals surface area contributed by atoms with Crippen LogP contribution in [-0.4, -0.2) is 31.1 Å². The molecule has 0 atom stereocenters. The lowest BCUT2D eigenvalue weighted by atomic mass is 9.86. The van der Waals surface area contributed by atoms with E-state index in [4.69, 9.17) is 9.47 Å². The van der Waals surface area contributed by atoms with Gasteiger partial charge in [0.1, 0.15) is 22.8 Å². The normalized spacial score (nSPS) is 14.6. The second-order valence-electron chi connectivity index (χ2n) is 7.68. The SMILES string of the molecule is Cc1ncc2[nH]c(=O)n(-c3ccc(Oc4cccc5c4C(C)(C)CO5)nc3)c2n1. The zero-order valence-electron chi connectivity index (χ0n) is 16.3. The van der Waals surface area contributed by atoms with Gasteiger partial charge in [0.2, 0.25) is 5.88 Å². The van der Waals surface area contributed by atoms with Crippen molar-refractivity contribution in [2.24, 2.45) is 0 Å². The van der Waals surface area contributed by atoms with E-state index in [0.717, 1.165) is 17.1 Å². The van der Waals surface area contributed by atoms with E-state index < -0.39 is 0 Å². The van der Waals surface area contributed by atoms with E-state index in [0.29, 0.717) is 35.2 Å². The molecule has 1 aromatic carbocycles. The Morgan fingerprint density at radius 1 is 1.17 bits per heavy atom. The number of hydrogen-bond acceptors (Lipinski definition) is 6. The molecule has 1 aliphatic heterocycles. The highest BCUT2D eigenvalue weighted by Gasteiger charge is 2.35. The predicted molar refractivity (Wildman–Crippen MR) is 107 cm³/mol. The van der Waals surface area contributed by atoms with Crippen LogP contribution in [0.3, 0.4) is 0 Å². The van der Waals surface area contributed by atoms with Crippen LogP contribution in [0.15, 0.2) is 47.5 Å². The number of fused-ring (bicyclic) bond motifs is 2. The highest BCUT2D eigenvalue weighted by atomic mass is 16.5. The molecule has 0 saturated carbocycles. The standard InChI is InChI=1S/C21H19N5O3/c1-12-22-10-14-19(24-12)26(20(27)25-14)13-7-8-17(23-9-13)29-16-6-4-5-15-18(16)21(2,3)11-28-15/h4-10H,11H2,1-3H3,(H,25,27). The molecule has 0 fully saturated rings. The maximum atomic E-state index is 12.4. The number of aromatic nitrogens is 5. The van der Waals surface area contributed by atoms with E-state index in [1.54, 1.807) is 31.5 Å². The number of aromatic amines is 1. The van der Waals surface area contributed by atoms with Crippen LogP contribution < -0.4 is 15.2 Å². The number of benzene rings is 1. The van der Waals surface area contributed by atoms with E-state index in [-0.39, 0.29) is 11.1 Å². The number of nitrogens with one attached hydrogen (secondary N) is 1. The summed E-state index contributed by atoms with van der Waals surface area (Å²) >= 11 is 0. The fourth-order valence-electron chi connectivity index (χ4n) is 3.62. The minimum Gasteiger partial charge on any atom is -0.492 e. The van der Waals surface area contributed by atoms with E-state index in [1.807, 2.05) is 18.2 Å². The summed E-state index contributed by atoms with van der Waals surface area (Å²) in [6.07, 6.45) is 3.19. The van der Waals surface area contributed by atoms with Crippen molar-refractivity contribution in [1.29, 1.82) is 0 Å². The number of H-pyrrole nitrogens is 1. The van der Waals surface area contributed by atoms with Gasteiger partial charge >= 0.3 is 5.69 Å². The molecule has 3 aromatic heterocycles. The second-order valence-corrected chi connectivity index (χ2v) is 7.68. The minimum absolute atomic E-state index is 0.138. The summed E-state index contributed by atoms with van der Waals surface area (Å²) in [5, 5.41) is 0. The summed E-state index contributed by atoms with van der Waals surface area (Å²) in [6, 6.07) is 9.27. The van der Waals surface area contributed by atoms with Crippen molar-refractivity contribution in [2.75, 3.05) is 6.61 Å². The molecule has 0 bridgehead atoms. The molecular weight excluding hydrogens is 370 g/mol. The summed E-state index contributed by atoms with van der Waals surface area (Å²) in [6.45, 7) is 6.63. The van der Waals surface area contributed by atoms with Crippen molar-refractivity contribution in [3.8, 4) is 23.1 Å². The average Bonchev–Trinajstić information content (AvgIpc) is 3.18. The van der Waals surface area contributed by atoms with E-state index in [2.05, 4.69) is 33.8 Å². The average molecular weight is 389 g/mol. The molecule has 1 aliphatic rings. The number of rotatable bonds is 3. The van der Waals surface area contributed by atoms with Gasteiger partial charge in [0.15, 0.2) is 5.65 Å². The monoisotopic (exact) mass is 389 g/mol.